The summed E-state index contributed by atoms with van der Waals surface area (Å²) in [6.45, 7) is 7.78. The summed E-state index contributed by atoms with van der Waals surface area (Å²) in [6, 6.07) is 10.5. The highest BCUT2D eigenvalue weighted by molar-refractivity contribution is 5.13. The van der Waals surface area contributed by atoms with Crippen LogP contribution in [0.1, 0.15) is 24.8 Å². The molecule has 0 aliphatic carbocycles. The summed E-state index contributed by atoms with van der Waals surface area (Å²) in [5.41, 5.74) is 1.89. The molecule has 0 bridgehead atoms. The minimum Gasteiger partial charge on any atom is -0.375 e. The highest BCUT2D eigenvalue weighted by atomic mass is 16.5. The number of piperidine rings is 1. The van der Waals surface area contributed by atoms with Gasteiger partial charge in [0.15, 0.2) is 0 Å². The van der Waals surface area contributed by atoms with Crippen molar-refractivity contribution in [3.05, 3.63) is 35.9 Å². The fraction of sp³-hybridized carbons (Fsp3) is 0.667. The van der Waals surface area contributed by atoms with E-state index >= 15 is 0 Å². The summed E-state index contributed by atoms with van der Waals surface area (Å²) in [5, 5.41) is 0. The second kappa shape index (κ2) is 6.91. The van der Waals surface area contributed by atoms with Gasteiger partial charge in [-0.2, -0.15) is 0 Å². The molecule has 2 heterocycles. The lowest BCUT2D eigenvalue weighted by molar-refractivity contribution is 0.0867. The summed E-state index contributed by atoms with van der Waals surface area (Å²) >= 11 is 0. The monoisotopic (exact) mass is 288 g/mol. The molecule has 3 nitrogen and oxygen atoms in total. The second-order valence-electron chi connectivity index (χ2n) is 6.87. The van der Waals surface area contributed by atoms with Crippen LogP contribution in [0.25, 0.3) is 0 Å². The van der Waals surface area contributed by atoms with Gasteiger partial charge in [0.25, 0.3) is 0 Å². The fourth-order valence-electron chi connectivity index (χ4n) is 3.68. The van der Waals surface area contributed by atoms with E-state index in [0.717, 1.165) is 19.8 Å². The fourth-order valence-corrected chi connectivity index (χ4v) is 3.68. The molecule has 0 aromatic heterocycles. The van der Waals surface area contributed by atoms with Crippen LogP contribution in [0.15, 0.2) is 30.3 Å². The predicted molar refractivity (Wildman–Crippen MR) is 86.3 cm³/mol. The van der Waals surface area contributed by atoms with Gasteiger partial charge < -0.3 is 14.5 Å². The molecule has 3 rings (SSSR count). The number of nitrogens with zero attached hydrogens (tertiary/aromatic N) is 2. The zero-order valence-electron chi connectivity index (χ0n) is 13.3. The first-order chi connectivity index (χ1) is 10.3. The molecule has 1 aromatic rings. The Bertz CT molecular complexity index is 426. The maximum atomic E-state index is 5.82. The molecule has 3 heteroatoms. The van der Waals surface area contributed by atoms with E-state index in [0.29, 0.717) is 5.41 Å². The Kier molecular flexibility index (Phi) is 4.94. The number of likely N-dealkylation sites (tertiary alicyclic amines) is 2. The predicted octanol–water partition coefficient (Wildman–Crippen LogP) is 2.62. The molecule has 21 heavy (non-hydrogen) atoms. The summed E-state index contributed by atoms with van der Waals surface area (Å²) in [4.78, 5) is 5.08. The molecule has 0 amide bonds. The zero-order valence-corrected chi connectivity index (χ0v) is 13.3. The molecule has 1 aromatic carbocycles. The summed E-state index contributed by atoms with van der Waals surface area (Å²) < 4.78 is 5.82. The molecular formula is C18H28N2O. The van der Waals surface area contributed by atoms with Crippen molar-refractivity contribution in [2.45, 2.75) is 25.9 Å². The van der Waals surface area contributed by atoms with Crippen LogP contribution in [-0.2, 0) is 11.3 Å². The third-order valence-corrected chi connectivity index (χ3v) is 5.23. The molecule has 0 unspecified atom stereocenters. The number of ether oxygens (including phenoxy) is 1. The number of hydrogen-bond donors (Lipinski definition) is 0. The Labute approximate surface area is 128 Å². The Morgan fingerprint density at radius 1 is 1.05 bits per heavy atom. The van der Waals surface area contributed by atoms with E-state index in [1.807, 2.05) is 0 Å². The molecule has 2 aliphatic heterocycles. The largest absolute Gasteiger partial charge is 0.375 e. The second-order valence-corrected chi connectivity index (χ2v) is 6.87. The lowest BCUT2D eigenvalue weighted by atomic mass is 9.78. The first-order valence-electron chi connectivity index (χ1n) is 8.28. The summed E-state index contributed by atoms with van der Waals surface area (Å²) in [7, 11) is 2.25. The minimum absolute atomic E-state index is 0.617. The van der Waals surface area contributed by atoms with Crippen LogP contribution in [-0.4, -0.2) is 56.2 Å². The maximum Gasteiger partial charge on any atom is 0.0717 e. The van der Waals surface area contributed by atoms with Crippen molar-refractivity contribution in [2.75, 3.05) is 46.4 Å². The highest BCUT2D eigenvalue weighted by Gasteiger charge is 2.39. The normalized spacial score (nSPS) is 22.9. The third kappa shape index (κ3) is 4.06. The van der Waals surface area contributed by atoms with Crippen molar-refractivity contribution >= 4 is 0 Å². The van der Waals surface area contributed by atoms with Crippen molar-refractivity contribution in [1.29, 1.82) is 0 Å². The van der Waals surface area contributed by atoms with E-state index in [2.05, 4.69) is 47.2 Å². The van der Waals surface area contributed by atoms with Crippen LogP contribution in [0.4, 0.5) is 0 Å². The molecular weight excluding hydrogens is 260 g/mol. The van der Waals surface area contributed by atoms with Gasteiger partial charge in [0.2, 0.25) is 0 Å². The van der Waals surface area contributed by atoms with Gasteiger partial charge in [-0.3, -0.25) is 0 Å². The zero-order chi connectivity index (χ0) is 14.5. The van der Waals surface area contributed by atoms with Gasteiger partial charge in [0.05, 0.1) is 13.2 Å². The Hall–Kier alpha value is -0.900. The van der Waals surface area contributed by atoms with Crippen molar-refractivity contribution < 1.29 is 4.74 Å². The molecule has 0 radical (unpaired) electrons. The standard InChI is InChI=1S/C18H28N2O/c1-19-10-7-18(8-11-19)9-12-20(16-18)13-14-21-15-17-5-3-2-4-6-17/h2-6H,7-16H2,1H3. The lowest BCUT2D eigenvalue weighted by Gasteiger charge is -2.37. The van der Waals surface area contributed by atoms with Gasteiger partial charge in [0, 0.05) is 13.1 Å². The van der Waals surface area contributed by atoms with E-state index < -0.39 is 0 Å². The highest BCUT2D eigenvalue weighted by Crippen LogP contribution is 2.39. The van der Waals surface area contributed by atoms with Crippen LogP contribution in [0, 0.1) is 5.41 Å². The van der Waals surface area contributed by atoms with E-state index in [9.17, 15) is 0 Å². The molecule has 0 saturated carbocycles. The van der Waals surface area contributed by atoms with Gasteiger partial charge in [-0.05, 0) is 56.9 Å². The quantitative estimate of drug-likeness (QED) is 0.775. The molecule has 0 atom stereocenters. The van der Waals surface area contributed by atoms with Crippen molar-refractivity contribution in [1.82, 2.24) is 9.80 Å². The summed E-state index contributed by atoms with van der Waals surface area (Å²) in [6.07, 6.45) is 4.15. The molecule has 1 spiro atoms. The smallest absolute Gasteiger partial charge is 0.0717 e. The van der Waals surface area contributed by atoms with E-state index in [1.165, 1.54) is 51.0 Å². The van der Waals surface area contributed by atoms with Crippen LogP contribution in [0.3, 0.4) is 0 Å². The van der Waals surface area contributed by atoms with E-state index in [4.69, 9.17) is 4.74 Å². The molecule has 2 saturated heterocycles. The summed E-state index contributed by atoms with van der Waals surface area (Å²) in [5.74, 6) is 0. The first-order valence-corrected chi connectivity index (χ1v) is 8.28. The maximum absolute atomic E-state index is 5.82. The lowest BCUT2D eigenvalue weighted by Crippen LogP contribution is -2.40. The molecule has 116 valence electrons. The van der Waals surface area contributed by atoms with E-state index in [-0.39, 0.29) is 0 Å². The molecule has 0 N–H and O–H groups in total. The van der Waals surface area contributed by atoms with Gasteiger partial charge >= 0.3 is 0 Å². The van der Waals surface area contributed by atoms with Crippen LogP contribution < -0.4 is 0 Å². The number of rotatable bonds is 5. The number of benzene rings is 1. The number of hydrogen-bond acceptors (Lipinski definition) is 3. The molecule has 2 fully saturated rings. The molecule has 2 aliphatic rings. The average molecular weight is 288 g/mol. The first kappa shape index (κ1) is 15.0. The Morgan fingerprint density at radius 2 is 1.76 bits per heavy atom. The van der Waals surface area contributed by atoms with Gasteiger partial charge in [-0.25, -0.2) is 0 Å². The third-order valence-electron chi connectivity index (χ3n) is 5.23. The van der Waals surface area contributed by atoms with Crippen LogP contribution in [0.5, 0.6) is 0 Å². The minimum atomic E-state index is 0.617. The SMILES string of the molecule is CN1CCC2(CC1)CCN(CCOCc1ccccc1)C2. The topological polar surface area (TPSA) is 15.7 Å². The van der Waals surface area contributed by atoms with Gasteiger partial charge in [-0.1, -0.05) is 30.3 Å². The van der Waals surface area contributed by atoms with Gasteiger partial charge in [-0.15, -0.1) is 0 Å². The van der Waals surface area contributed by atoms with Crippen molar-refractivity contribution in [3.8, 4) is 0 Å². The average Bonchev–Trinajstić information content (AvgIpc) is 2.91. The van der Waals surface area contributed by atoms with Crippen LogP contribution >= 0.6 is 0 Å². The Balaban J connectivity index is 1.36. The van der Waals surface area contributed by atoms with Crippen molar-refractivity contribution in [2.24, 2.45) is 5.41 Å². The van der Waals surface area contributed by atoms with Crippen molar-refractivity contribution in [3.63, 3.8) is 0 Å². The van der Waals surface area contributed by atoms with Crippen LogP contribution in [0.2, 0.25) is 0 Å². The van der Waals surface area contributed by atoms with E-state index in [1.54, 1.807) is 0 Å². The van der Waals surface area contributed by atoms with Gasteiger partial charge in [0.1, 0.15) is 0 Å². The Morgan fingerprint density at radius 3 is 2.52 bits per heavy atom.